The van der Waals surface area contributed by atoms with E-state index in [4.69, 9.17) is 16.0 Å². The van der Waals surface area contributed by atoms with E-state index in [9.17, 15) is 9.59 Å². The largest absolute Gasteiger partial charge is 0.462 e. The highest BCUT2D eigenvalue weighted by molar-refractivity contribution is 7.07. The number of rotatable bonds is 4. The molecule has 0 aliphatic carbocycles. The Balaban J connectivity index is 1.68. The minimum absolute atomic E-state index is 0.240. The summed E-state index contributed by atoms with van der Waals surface area (Å²) in [5.41, 5.74) is 2.14. The van der Waals surface area contributed by atoms with Crippen LogP contribution in [0, 0.1) is 6.92 Å². The van der Waals surface area contributed by atoms with E-state index in [0.717, 1.165) is 11.3 Å². The summed E-state index contributed by atoms with van der Waals surface area (Å²) in [4.78, 5) is 32.2. The van der Waals surface area contributed by atoms with Crippen LogP contribution in [0.3, 0.4) is 0 Å². The average molecular weight is 490 g/mol. The maximum atomic E-state index is 13.6. The van der Waals surface area contributed by atoms with Crippen LogP contribution in [0.1, 0.15) is 30.0 Å². The zero-order valence-corrected chi connectivity index (χ0v) is 20.0. The number of carbonyl (C=O) groups is 1. The van der Waals surface area contributed by atoms with Gasteiger partial charge in [0.25, 0.3) is 11.5 Å². The highest BCUT2D eigenvalue weighted by Gasteiger charge is 2.32. The van der Waals surface area contributed by atoms with Crippen LogP contribution in [-0.4, -0.2) is 10.5 Å². The van der Waals surface area contributed by atoms with Gasteiger partial charge in [-0.15, -0.1) is 0 Å². The number of anilines is 1. The van der Waals surface area contributed by atoms with Gasteiger partial charge in [-0.05, 0) is 55.8 Å². The van der Waals surface area contributed by atoms with E-state index >= 15 is 0 Å². The third-order valence-corrected chi connectivity index (χ3v) is 6.75. The summed E-state index contributed by atoms with van der Waals surface area (Å²) in [6.07, 6.45) is 1.71. The molecular formula is C26H20ClN3O3S. The first-order valence-electron chi connectivity index (χ1n) is 10.6. The summed E-state index contributed by atoms with van der Waals surface area (Å²) < 4.78 is 7.68. The van der Waals surface area contributed by atoms with E-state index in [2.05, 4.69) is 10.3 Å². The molecule has 1 aliphatic heterocycles. The van der Waals surface area contributed by atoms with E-state index in [1.807, 2.05) is 61.5 Å². The summed E-state index contributed by atoms with van der Waals surface area (Å²) >= 11 is 7.39. The predicted molar refractivity (Wildman–Crippen MR) is 134 cm³/mol. The van der Waals surface area contributed by atoms with Crippen molar-refractivity contribution in [2.75, 3.05) is 5.32 Å². The number of allylic oxidation sites excluding steroid dienone is 1. The van der Waals surface area contributed by atoms with Gasteiger partial charge in [0, 0.05) is 16.8 Å². The Kier molecular flexibility index (Phi) is 5.81. The number of nitrogens with one attached hydrogen (secondary N) is 1. The average Bonchev–Trinajstić information content (AvgIpc) is 3.36. The van der Waals surface area contributed by atoms with Gasteiger partial charge in [0.2, 0.25) is 0 Å². The van der Waals surface area contributed by atoms with Crippen molar-refractivity contribution in [3.63, 3.8) is 0 Å². The monoisotopic (exact) mass is 489 g/mol. The number of fused-ring (bicyclic) bond motifs is 1. The Bertz CT molecular complexity index is 1600. The van der Waals surface area contributed by atoms with E-state index in [-0.39, 0.29) is 11.5 Å². The number of aromatic nitrogens is 1. The van der Waals surface area contributed by atoms with Crippen LogP contribution in [0.25, 0.3) is 6.08 Å². The quantitative estimate of drug-likeness (QED) is 0.460. The molecule has 1 aliphatic rings. The third-order valence-electron chi connectivity index (χ3n) is 5.52. The molecule has 1 N–H and O–H groups in total. The summed E-state index contributed by atoms with van der Waals surface area (Å²) in [6, 6.07) is 19.3. The Labute approximate surface area is 204 Å². The smallest absolute Gasteiger partial charge is 0.271 e. The molecule has 6 nitrogen and oxygen atoms in total. The number of carbonyl (C=O) groups excluding carboxylic acids is 1. The Morgan fingerprint density at radius 3 is 2.50 bits per heavy atom. The Hall–Kier alpha value is -3.68. The molecule has 0 saturated heterocycles. The molecule has 170 valence electrons. The number of halogens is 1. The molecule has 0 fully saturated rings. The Morgan fingerprint density at radius 2 is 1.82 bits per heavy atom. The number of hydrogen-bond donors (Lipinski definition) is 1. The zero-order chi connectivity index (χ0) is 23.8. The minimum atomic E-state index is -0.655. The molecular weight excluding hydrogens is 470 g/mol. The van der Waals surface area contributed by atoms with Gasteiger partial charge in [-0.3, -0.25) is 14.2 Å². The molecule has 2 aromatic carbocycles. The van der Waals surface area contributed by atoms with Gasteiger partial charge in [-0.25, -0.2) is 4.99 Å². The summed E-state index contributed by atoms with van der Waals surface area (Å²) in [6.45, 7) is 3.64. The predicted octanol–water partition coefficient (Wildman–Crippen LogP) is 4.43. The normalized spacial score (nSPS) is 15.7. The van der Waals surface area contributed by atoms with Crippen LogP contribution in [0.15, 0.2) is 92.2 Å². The molecule has 0 radical (unpaired) electrons. The van der Waals surface area contributed by atoms with Crippen molar-refractivity contribution in [2.24, 2.45) is 4.99 Å². The summed E-state index contributed by atoms with van der Waals surface area (Å²) in [5, 5.41) is 3.50. The third kappa shape index (κ3) is 4.16. The molecule has 2 aromatic heterocycles. The summed E-state index contributed by atoms with van der Waals surface area (Å²) in [7, 11) is 0. The van der Waals surface area contributed by atoms with Crippen LogP contribution in [0.4, 0.5) is 5.69 Å². The number of nitrogens with zero attached hydrogens (tertiary/aromatic N) is 2. The maximum Gasteiger partial charge on any atom is 0.271 e. The minimum Gasteiger partial charge on any atom is -0.462 e. The van der Waals surface area contributed by atoms with Gasteiger partial charge in [0.05, 0.1) is 21.8 Å². The van der Waals surface area contributed by atoms with Crippen molar-refractivity contribution in [2.45, 2.75) is 19.9 Å². The van der Waals surface area contributed by atoms with Crippen molar-refractivity contribution in [1.29, 1.82) is 0 Å². The molecule has 34 heavy (non-hydrogen) atoms. The lowest BCUT2D eigenvalue weighted by atomic mass is 9.95. The molecule has 0 saturated carbocycles. The van der Waals surface area contributed by atoms with Crippen LogP contribution in [-0.2, 0) is 4.79 Å². The van der Waals surface area contributed by atoms with Gasteiger partial charge in [0.15, 0.2) is 4.80 Å². The van der Waals surface area contributed by atoms with Gasteiger partial charge in [0.1, 0.15) is 11.5 Å². The number of amides is 1. The summed E-state index contributed by atoms with van der Waals surface area (Å²) in [5.74, 6) is 1.03. The molecule has 0 bridgehead atoms. The lowest BCUT2D eigenvalue weighted by molar-refractivity contribution is -0.113. The van der Waals surface area contributed by atoms with Crippen molar-refractivity contribution >= 4 is 40.6 Å². The first-order chi connectivity index (χ1) is 16.4. The van der Waals surface area contributed by atoms with Crippen molar-refractivity contribution in [3.05, 3.63) is 120 Å². The van der Waals surface area contributed by atoms with E-state index in [1.54, 1.807) is 29.7 Å². The van der Waals surface area contributed by atoms with Crippen LogP contribution < -0.4 is 20.2 Å². The fourth-order valence-electron chi connectivity index (χ4n) is 3.95. The fourth-order valence-corrected chi connectivity index (χ4v) is 5.11. The standard InChI is InChI=1S/C26H20ClN3O3S/c1-15-8-13-20(33-15)14-21-25(32)30-23(17-9-11-18(27)12-10-17)22(16(2)28-26(30)34-21)24(31)29-19-6-4-3-5-7-19/h3-14,23H,1-2H3,(H,29,31)/t23-/m1/s1. The lowest BCUT2D eigenvalue weighted by Crippen LogP contribution is -2.40. The molecule has 5 rings (SSSR count). The topological polar surface area (TPSA) is 76.6 Å². The molecule has 0 spiro atoms. The number of benzene rings is 2. The highest BCUT2D eigenvalue weighted by atomic mass is 35.5. The van der Waals surface area contributed by atoms with E-state index in [1.165, 1.54) is 11.3 Å². The van der Waals surface area contributed by atoms with Crippen LogP contribution in [0.5, 0.6) is 0 Å². The number of hydrogen-bond acceptors (Lipinski definition) is 5. The van der Waals surface area contributed by atoms with Gasteiger partial charge < -0.3 is 9.73 Å². The molecule has 1 amide bonds. The maximum absolute atomic E-state index is 13.6. The highest BCUT2D eigenvalue weighted by Crippen LogP contribution is 2.31. The molecule has 0 unspecified atom stereocenters. The van der Waals surface area contributed by atoms with Gasteiger partial charge in [-0.2, -0.15) is 0 Å². The Morgan fingerprint density at radius 1 is 1.09 bits per heavy atom. The fraction of sp³-hybridized carbons (Fsp3) is 0.115. The molecule has 3 heterocycles. The lowest BCUT2D eigenvalue weighted by Gasteiger charge is -2.25. The SMILES string of the molecule is CC1=C(C(=O)Nc2ccccc2)[C@@H](c2ccc(Cl)cc2)n2c(sc(=Cc3ccc(C)o3)c2=O)=N1. The van der Waals surface area contributed by atoms with Gasteiger partial charge in [-0.1, -0.05) is 53.3 Å². The van der Waals surface area contributed by atoms with Crippen LogP contribution in [0.2, 0.25) is 5.02 Å². The zero-order valence-electron chi connectivity index (χ0n) is 18.4. The number of para-hydroxylation sites is 1. The molecule has 4 aromatic rings. The second-order valence-corrected chi connectivity index (χ2v) is 9.35. The first kappa shape index (κ1) is 22.1. The van der Waals surface area contributed by atoms with E-state index < -0.39 is 6.04 Å². The second kappa shape index (κ2) is 8.93. The van der Waals surface area contributed by atoms with Crippen LogP contribution >= 0.6 is 22.9 Å². The second-order valence-electron chi connectivity index (χ2n) is 7.90. The van der Waals surface area contributed by atoms with E-state index in [0.29, 0.717) is 37.1 Å². The van der Waals surface area contributed by atoms with Gasteiger partial charge >= 0.3 is 0 Å². The van der Waals surface area contributed by atoms with Crippen molar-refractivity contribution in [3.8, 4) is 0 Å². The van der Waals surface area contributed by atoms with Crippen molar-refractivity contribution < 1.29 is 9.21 Å². The first-order valence-corrected chi connectivity index (χ1v) is 11.8. The number of thiazole rings is 1. The molecule has 1 atom stereocenters. The number of aryl methyl sites for hydroxylation is 1. The number of furan rings is 1. The van der Waals surface area contributed by atoms with Crippen molar-refractivity contribution in [1.82, 2.24) is 4.57 Å². The molecule has 8 heteroatoms.